The van der Waals surface area contributed by atoms with Crippen molar-refractivity contribution in [1.82, 2.24) is 25.3 Å². The second-order valence-corrected chi connectivity index (χ2v) is 9.90. The Morgan fingerprint density at radius 3 is 2.22 bits per heavy atom. The summed E-state index contributed by atoms with van der Waals surface area (Å²) in [4.78, 5) is 44.5. The van der Waals surface area contributed by atoms with Crippen LogP contribution in [0.4, 0.5) is 9.59 Å². The summed E-state index contributed by atoms with van der Waals surface area (Å²) in [6.45, 7) is 15.4. The molecule has 1 fully saturated rings. The lowest BCUT2D eigenvalue weighted by atomic mass is 9.92. The van der Waals surface area contributed by atoms with Gasteiger partial charge in [-0.15, -0.1) is 0 Å². The molecule has 0 radical (unpaired) electrons. The van der Waals surface area contributed by atoms with Crippen molar-refractivity contribution in [2.45, 2.75) is 59.5 Å². The number of hydrogen-bond donors (Lipinski definition) is 2. The number of benzene rings is 1. The van der Waals surface area contributed by atoms with Crippen molar-refractivity contribution in [3.05, 3.63) is 46.7 Å². The molecule has 1 aromatic carbocycles. The Kier molecular flexibility index (Phi) is 9.37. The van der Waals surface area contributed by atoms with Crippen LogP contribution in [0.5, 0.6) is 0 Å². The first-order valence-corrected chi connectivity index (χ1v) is 13.0. The predicted molar refractivity (Wildman–Crippen MR) is 140 cm³/mol. The van der Waals surface area contributed by atoms with E-state index in [1.54, 1.807) is 16.7 Å². The number of piperazine rings is 1. The van der Waals surface area contributed by atoms with Gasteiger partial charge in [0.2, 0.25) is 0 Å². The van der Waals surface area contributed by atoms with Crippen molar-refractivity contribution < 1.29 is 19.1 Å². The van der Waals surface area contributed by atoms with Crippen molar-refractivity contribution in [3.8, 4) is 0 Å². The van der Waals surface area contributed by atoms with Gasteiger partial charge in [-0.25, -0.2) is 14.4 Å². The number of likely N-dealkylation sites (N-methyl/N-ethyl adjacent to an activating group) is 1. The van der Waals surface area contributed by atoms with Crippen LogP contribution in [0.3, 0.4) is 0 Å². The van der Waals surface area contributed by atoms with Gasteiger partial charge in [0.1, 0.15) is 0 Å². The van der Waals surface area contributed by atoms with Crippen molar-refractivity contribution >= 4 is 18.0 Å². The van der Waals surface area contributed by atoms with Gasteiger partial charge < -0.3 is 20.3 Å². The van der Waals surface area contributed by atoms with E-state index in [-0.39, 0.29) is 24.7 Å². The van der Waals surface area contributed by atoms with Gasteiger partial charge >= 0.3 is 18.0 Å². The van der Waals surface area contributed by atoms with Crippen LogP contribution >= 0.6 is 0 Å². The van der Waals surface area contributed by atoms with Crippen LogP contribution in [0.1, 0.15) is 64.6 Å². The number of rotatable bonds is 8. The number of carbonyl (C=O) groups excluding carboxylic acids is 3. The largest absolute Gasteiger partial charge is 0.463 e. The lowest BCUT2D eigenvalue weighted by molar-refractivity contribution is -0.139. The fourth-order valence-electron chi connectivity index (χ4n) is 4.64. The van der Waals surface area contributed by atoms with Gasteiger partial charge in [-0.1, -0.05) is 38.1 Å². The zero-order valence-corrected chi connectivity index (χ0v) is 22.5. The van der Waals surface area contributed by atoms with Crippen molar-refractivity contribution in [2.24, 2.45) is 0 Å². The third-order valence-corrected chi connectivity index (χ3v) is 6.63. The summed E-state index contributed by atoms with van der Waals surface area (Å²) < 4.78 is 5.47. The molecule has 1 saturated heterocycles. The Morgan fingerprint density at radius 1 is 1.06 bits per heavy atom. The zero-order chi connectivity index (χ0) is 26.4. The third kappa shape index (κ3) is 6.37. The minimum absolute atomic E-state index is 0.0618. The second kappa shape index (κ2) is 12.3. The molecule has 198 valence electrons. The summed E-state index contributed by atoms with van der Waals surface area (Å²) in [6.07, 6.45) is 0. The molecule has 36 heavy (non-hydrogen) atoms. The summed E-state index contributed by atoms with van der Waals surface area (Å²) >= 11 is 0. The molecule has 0 aromatic heterocycles. The van der Waals surface area contributed by atoms with Gasteiger partial charge in [-0.3, -0.25) is 9.80 Å². The second-order valence-electron chi connectivity index (χ2n) is 9.90. The standard InChI is InChI=1S/C27H41N5O4/c1-7-32-22(17-30-13-15-31(16-14-30)26(34)28-19(5)6)23(25(33)36-8-2)24(29-27(32)35)21-11-9-20(10-12-21)18(3)4/h9-12,18-19,24H,7-8,13-17H2,1-6H3,(H,28,34)(H,29,35)/t24-/m1/s1. The van der Waals surface area contributed by atoms with E-state index in [1.807, 2.05) is 45.0 Å². The van der Waals surface area contributed by atoms with Crippen molar-refractivity contribution in [2.75, 3.05) is 45.9 Å². The number of esters is 1. The summed E-state index contributed by atoms with van der Waals surface area (Å²) in [7, 11) is 0. The molecule has 1 aromatic rings. The van der Waals surface area contributed by atoms with Gasteiger partial charge in [0, 0.05) is 51.0 Å². The molecule has 0 unspecified atom stereocenters. The quantitative estimate of drug-likeness (QED) is 0.535. The highest BCUT2D eigenvalue weighted by molar-refractivity contribution is 5.95. The molecular formula is C27H41N5O4. The first kappa shape index (κ1) is 27.5. The maximum absolute atomic E-state index is 13.3. The van der Waals surface area contributed by atoms with Gasteiger partial charge in [0.05, 0.1) is 18.2 Å². The van der Waals surface area contributed by atoms with Crippen LogP contribution in [0, 0.1) is 0 Å². The fraction of sp³-hybridized carbons (Fsp3) is 0.593. The van der Waals surface area contributed by atoms with Crippen LogP contribution in [0.2, 0.25) is 0 Å². The van der Waals surface area contributed by atoms with Gasteiger partial charge in [-0.2, -0.15) is 0 Å². The van der Waals surface area contributed by atoms with E-state index in [0.717, 1.165) is 5.56 Å². The van der Waals surface area contributed by atoms with E-state index in [1.165, 1.54) is 5.56 Å². The van der Waals surface area contributed by atoms with Gasteiger partial charge in [0.15, 0.2) is 0 Å². The summed E-state index contributed by atoms with van der Waals surface area (Å²) in [5, 5.41) is 5.97. The van der Waals surface area contributed by atoms with Crippen LogP contribution < -0.4 is 10.6 Å². The third-order valence-electron chi connectivity index (χ3n) is 6.63. The SMILES string of the molecule is CCOC(=O)C1=C(CN2CCN(C(=O)NC(C)C)CC2)N(CC)C(=O)N[C@@H]1c1ccc(C(C)C)cc1. The minimum Gasteiger partial charge on any atom is -0.463 e. The van der Waals surface area contributed by atoms with E-state index in [0.29, 0.717) is 56.5 Å². The number of hydrogen-bond acceptors (Lipinski definition) is 5. The summed E-state index contributed by atoms with van der Waals surface area (Å²) in [5.41, 5.74) is 3.17. The summed E-state index contributed by atoms with van der Waals surface area (Å²) in [6, 6.07) is 7.24. The highest BCUT2D eigenvalue weighted by Crippen LogP contribution is 2.33. The average Bonchev–Trinajstić information content (AvgIpc) is 2.84. The number of ether oxygens (including phenoxy) is 1. The molecule has 1 atom stereocenters. The van der Waals surface area contributed by atoms with Gasteiger partial charge in [0.25, 0.3) is 0 Å². The topological polar surface area (TPSA) is 94.2 Å². The van der Waals surface area contributed by atoms with Gasteiger partial charge in [-0.05, 0) is 44.7 Å². The molecule has 9 nitrogen and oxygen atoms in total. The maximum atomic E-state index is 13.3. The monoisotopic (exact) mass is 499 g/mol. The van der Waals surface area contributed by atoms with E-state index < -0.39 is 12.0 Å². The Labute approximate surface area is 214 Å². The zero-order valence-electron chi connectivity index (χ0n) is 22.5. The molecule has 2 heterocycles. The average molecular weight is 500 g/mol. The first-order valence-electron chi connectivity index (χ1n) is 13.0. The molecule has 0 spiro atoms. The van der Waals surface area contributed by atoms with Crippen LogP contribution in [0.25, 0.3) is 0 Å². The molecule has 2 aliphatic rings. The Morgan fingerprint density at radius 2 is 1.69 bits per heavy atom. The van der Waals surface area contributed by atoms with Crippen molar-refractivity contribution in [3.63, 3.8) is 0 Å². The molecule has 2 aliphatic heterocycles. The molecule has 0 aliphatic carbocycles. The molecule has 2 N–H and O–H groups in total. The maximum Gasteiger partial charge on any atom is 0.338 e. The molecule has 4 amide bonds. The fourth-order valence-corrected chi connectivity index (χ4v) is 4.64. The van der Waals surface area contributed by atoms with Crippen LogP contribution in [0.15, 0.2) is 35.5 Å². The molecule has 0 saturated carbocycles. The lowest BCUT2D eigenvalue weighted by Crippen LogP contribution is -2.55. The van der Waals surface area contributed by atoms with Crippen LogP contribution in [-0.2, 0) is 9.53 Å². The lowest BCUT2D eigenvalue weighted by Gasteiger charge is -2.40. The Bertz CT molecular complexity index is 965. The number of carbonyl (C=O) groups is 3. The molecule has 3 rings (SSSR count). The number of nitrogens with one attached hydrogen (secondary N) is 2. The molecule has 9 heteroatoms. The summed E-state index contributed by atoms with van der Waals surface area (Å²) in [5.74, 6) is -0.0358. The Balaban J connectivity index is 1.91. The molecular weight excluding hydrogens is 458 g/mol. The highest BCUT2D eigenvalue weighted by Gasteiger charge is 2.38. The van der Waals surface area contributed by atoms with Crippen LogP contribution in [-0.4, -0.2) is 84.6 Å². The first-order chi connectivity index (χ1) is 17.2. The smallest absolute Gasteiger partial charge is 0.338 e. The van der Waals surface area contributed by atoms with E-state index >= 15 is 0 Å². The number of nitrogens with zero attached hydrogens (tertiary/aromatic N) is 3. The highest BCUT2D eigenvalue weighted by atomic mass is 16.5. The van der Waals surface area contributed by atoms with E-state index in [4.69, 9.17) is 4.74 Å². The van der Waals surface area contributed by atoms with E-state index in [9.17, 15) is 14.4 Å². The molecule has 0 bridgehead atoms. The minimum atomic E-state index is -0.589. The van der Waals surface area contributed by atoms with E-state index in [2.05, 4.69) is 29.4 Å². The number of urea groups is 2. The predicted octanol–water partition coefficient (Wildman–Crippen LogP) is 3.45. The van der Waals surface area contributed by atoms with Crippen molar-refractivity contribution in [1.29, 1.82) is 0 Å². The normalized spacial score (nSPS) is 19.1. The number of amides is 4. The Hall–Kier alpha value is -3.07.